The summed E-state index contributed by atoms with van der Waals surface area (Å²) in [6.07, 6.45) is 6.08. The zero-order valence-corrected chi connectivity index (χ0v) is 26.2. The molecular formula is C25H43NaO11S. The van der Waals surface area contributed by atoms with Gasteiger partial charge in [0.15, 0.2) is 5.25 Å². The molecule has 0 bridgehead atoms. The van der Waals surface area contributed by atoms with Gasteiger partial charge in [-0.05, 0) is 24.7 Å². The Hall–Kier alpha value is -1.47. The summed E-state index contributed by atoms with van der Waals surface area (Å²) in [5.74, 6) is -4.19. The minimum absolute atomic E-state index is 0. The van der Waals surface area contributed by atoms with Crippen molar-refractivity contribution in [3.05, 3.63) is 12.2 Å². The Kier molecular flexibility index (Phi) is 25.3. The van der Waals surface area contributed by atoms with Gasteiger partial charge in [-0.1, -0.05) is 72.8 Å². The van der Waals surface area contributed by atoms with Crippen LogP contribution in [0, 0.1) is 11.8 Å². The van der Waals surface area contributed by atoms with Crippen LogP contribution in [-0.4, -0.2) is 65.5 Å². The van der Waals surface area contributed by atoms with Crippen LogP contribution < -0.4 is 29.6 Å². The smallest absolute Gasteiger partial charge is 0.747 e. The first-order valence-corrected chi connectivity index (χ1v) is 14.1. The Balaban J connectivity index is -0.00000104. The molecule has 38 heavy (non-hydrogen) atoms. The van der Waals surface area contributed by atoms with Gasteiger partial charge < -0.3 is 24.2 Å². The standard InChI is InChI=1S/C20H38O7S.C5H6O4.Na/c1-5-9-11-16(7-3)14-26-19(21)13-18(28(23,24)25)20(22)27-15-17(8-4)12-10-6-2;1-3(5(8)9)2-4(6)7;/h16-18H,5-15H2,1-4H3,(H,23,24,25);1-2H2,(H,6,7)(H,8,9);/q;;+1/p-1. The SMILES string of the molecule is C=C(CC(=O)O)C(=O)O.CCCCC(CC)COC(=O)CC(C(=O)OCC(CC)CCCC)S(=O)(=O)[O-].[Na+]. The predicted octanol–water partition coefficient (Wildman–Crippen LogP) is 0.915. The topological polar surface area (TPSA) is 184 Å². The van der Waals surface area contributed by atoms with Crippen LogP contribution in [0.1, 0.15) is 91.9 Å². The number of carbonyl (C=O) groups is 4. The van der Waals surface area contributed by atoms with Crippen molar-refractivity contribution < 1.29 is 81.4 Å². The van der Waals surface area contributed by atoms with Crippen LogP contribution in [0.25, 0.3) is 0 Å². The van der Waals surface area contributed by atoms with Crippen LogP contribution >= 0.6 is 0 Å². The largest absolute Gasteiger partial charge is 1.00 e. The maximum atomic E-state index is 12.1. The summed E-state index contributed by atoms with van der Waals surface area (Å²) in [7, 11) is -5.01. The van der Waals surface area contributed by atoms with Gasteiger partial charge >= 0.3 is 53.4 Å². The van der Waals surface area contributed by atoms with E-state index in [0.29, 0.717) is 0 Å². The molecule has 0 amide bonds. The number of unbranched alkanes of at least 4 members (excludes halogenated alkanes) is 2. The number of carbonyl (C=O) groups excluding carboxylic acids is 2. The molecule has 216 valence electrons. The number of hydrogen-bond donors (Lipinski definition) is 2. The molecule has 0 saturated heterocycles. The molecule has 0 saturated carbocycles. The summed E-state index contributed by atoms with van der Waals surface area (Å²) < 4.78 is 44.6. The van der Waals surface area contributed by atoms with Gasteiger partial charge in [-0.2, -0.15) is 0 Å². The van der Waals surface area contributed by atoms with Gasteiger partial charge in [-0.3, -0.25) is 14.4 Å². The van der Waals surface area contributed by atoms with Crippen molar-refractivity contribution in [1.82, 2.24) is 0 Å². The van der Waals surface area contributed by atoms with Gasteiger partial charge in [-0.25, -0.2) is 13.2 Å². The molecule has 13 heteroatoms. The van der Waals surface area contributed by atoms with E-state index in [2.05, 4.69) is 20.4 Å². The summed E-state index contributed by atoms with van der Waals surface area (Å²) in [5, 5.41) is 14.0. The summed E-state index contributed by atoms with van der Waals surface area (Å²) in [6.45, 7) is 11.3. The zero-order valence-electron chi connectivity index (χ0n) is 23.4. The molecule has 0 aliphatic rings. The van der Waals surface area contributed by atoms with Crippen LogP contribution in [0.15, 0.2) is 12.2 Å². The molecule has 3 atom stereocenters. The number of aliphatic carboxylic acids is 2. The normalized spacial score (nSPS) is 13.0. The number of esters is 2. The van der Waals surface area contributed by atoms with Gasteiger partial charge in [0.2, 0.25) is 0 Å². The third-order valence-electron chi connectivity index (χ3n) is 5.66. The quantitative estimate of drug-likeness (QED) is 0.0967. The average molecular weight is 575 g/mol. The number of carboxylic acid groups (broad SMARTS) is 2. The van der Waals surface area contributed by atoms with Gasteiger partial charge in [0, 0.05) is 5.57 Å². The first-order chi connectivity index (χ1) is 17.2. The van der Waals surface area contributed by atoms with Crippen molar-refractivity contribution in [2.75, 3.05) is 13.2 Å². The molecule has 0 heterocycles. The average Bonchev–Trinajstić information content (AvgIpc) is 2.81. The van der Waals surface area contributed by atoms with E-state index in [0.717, 1.165) is 51.4 Å². The summed E-state index contributed by atoms with van der Waals surface area (Å²) in [4.78, 5) is 43.8. The van der Waals surface area contributed by atoms with Gasteiger partial charge in [0.25, 0.3) is 0 Å². The Morgan fingerprint density at radius 1 is 0.868 bits per heavy atom. The van der Waals surface area contributed by atoms with E-state index in [1.807, 2.05) is 13.8 Å². The second kappa shape index (κ2) is 23.4. The minimum Gasteiger partial charge on any atom is -0.747 e. The third-order valence-corrected chi connectivity index (χ3v) is 6.71. The summed E-state index contributed by atoms with van der Waals surface area (Å²) in [5.41, 5.74) is -0.303. The van der Waals surface area contributed by atoms with E-state index < -0.39 is 52.1 Å². The van der Waals surface area contributed by atoms with E-state index in [1.54, 1.807) is 0 Å². The van der Waals surface area contributed by atoms with E-state index in [1.165, 1.54) is 0 Å². The Labute approximate surface area is 248 Å². The Morgan fingerprint density at radius 3 is 1.63 bits per heavy atom. The van der Waals surface area contributed by atoms with Gasteiger partial charge in [-0.15, -0.1) is 0 Å². The predicted molar refractivity (Wildman–Crippen MR) is 136 cm³/mol. The number of rotatable bonds is 19. The minimum atomic E-state index is -5.01. The molecule has 2 N–H and O–H groups in total. The molecular weight excluding hydrogens is 531 g/mol. The first kappa shape index (κ1) is 41.0. The second-order valence-electron chi connectivity index (χ2n) is 8.81. The van der Waals surface area contributed by atoms with Crippen LogP contribution in [0.4, 0.5) is 0 Å². The fourth-order valence-corrected chi connectivity index (χ4v) is 3.72. The molecule has 11 nitrogen and oxygen atoms in total. The van der Waals surface area contributed by atoms with Gasteiger partial charge in [0.1, 0.15) is 10.1 Å². The van der Waals surface area contributed by atoms with Crippen LogP contribution in [0.2, 0.25) is 0 Å². The fraction of sp³-hybridized carbons (Fsp3) is 0.760. The van der Waals surface area contributed by atoms with E-state index in [9.17, 15) is 32.1 Å². The van der Waals surface area contributed by atoms with Crippen molar-refractivity contribution in [2.45, 2.75) is 97.2 Å². The Bertz CT molecular complexity index is 827. The fourth-order valence-electron chi connectivity index (χ4n) is 3.07. The molecule has 0 radical (unpaired) electrons. The summed E-state index contributed by atoms with van der Waals surface area (Å²) >= 11 is 0. The molecule has 0 spiro atoms. The molecule has 0 rings (SSSR count). The maximum Gasteiger partial charge on any atom is 1.00 e. The van der Waals surface area contributed by atoms with Crippen molar-refractivity contribution in [2.24, 2.45) is 11.8 Å². The molecule has 0 aromatic carbocycles. The van der Waals surface area contributed by atoms with Crippen LogP contribution in [0.5, 0.6) is 0 Å². The van der Waals surface area contributed by atoms with E-state index in [4.69, 9.17) is 19.7 Å². The number of carboxylic acids is 2. The van der Waals surface area contributed by atoms with Crippen molar-refractivity contribution in [3.63, 3.8) is 0 Å². The van der Waals surface area contributed by atoms with Crippen molar-refractivity contribution in [3.8, 4) is 0 Å². The summed E-state index contributed by atoms with van der Waals surface area (Å²) in [6, 6.07) is 0. The second-order valence-corrected chi connectivity index (χ2v) is 10.4. The maximum absolute atomic E-state index is 12.1. The van der Waals surface area contributed by atoms with Crippen molar-refractivity contribution in [1.29, 1.82) is 0 Å². The Morgan fingerprint density at radius 2 is 1.32 bits per heavy atom. The number of ether oxygens (including phenoxy) is 2. The molecule has 0 aromatic heterocycles. The first-order valence-electron chi connectivity index (χ1n) is 12.6. The monoisotopic (exact) mass is 574 g/mol. The molecule has 0 aliphatic carbocycles. The third kappa shape index (κ3) is 21.5. The van der Waals surface area contributed by atoms with Crippen LogP contribution in [0.3, 0.4) is 0 Å². The van der Waals surface area contributed by atoms with Crippen LogP contribution in [-0.2, 0) is 38.8 Å². The van der Waals surface area contributed by atoms with Crippen molar-refractivity contribution >= 4 is 34.0 Å². The zero-order chi connectivity index (χ0) is 29.0. The molecule has 0 aliphatic heterocycles. The molecule has 0 fully saturated rings. The van der Waals surface area contributed by atoms with E-state index >= 15 is 0 Å². The molecule has 3 unspecified atom stereocenters. The number of hydrogen-bond acceptors (Lipinski definition) is 9. The van der Waals surface area contributed by atoms with E-state index in [-0.39, 0.29) is 60.2 Å². The molecule has 0 aromatic rings. The van der Waals surface area contributed by atoms with Gasteiger partial charge in [0.05, 0.1) is 26.1 Å².